The van der Waals surface area contributed by atoms with E-state index in [1.807, 2.05) is 0 Å². The van der Waals surface area contributed by atoms with Crippen LogP contribution < -0.4 is 14.4 Å². The van der Waals surface area contributed by atoms with Crippen molar-refractivity contribution in [3.8, 4) is 11.5 Å². The Morgan fingerprint density at radius 1 is 1.00 bits per heavy atom. The standard InChI is InChI=1S/C24H19ClN2O5/c1-31-18-7-6-15(12-19(18)32-2)22(28)20-21(14-8-10-26-11-9-14)27(24(30)23(20)29)17-5-3-4-16(25)13-17/h3-13,21,28H,1-2H3/b22-20+. The molecule has 7 nitrogen and oxygen atoms in total. The molecule has 1 aliphatic heterocycles. The monoisotopic (exact) mass is 450 g/mol. The number of hydrogen-bond donors (Lipinski definition) is 1. The number of aromatic nitrogens is 1. The van der Waals surface area contributed by atoms with Crippen molar-refractivity contribution in [2.75, 3.05) is 19.1 Å². The summed E-state index contributed by atoms with van der Waals surface area (Å²) in [4.78, 5) is 31.6. The quantitative estimate of drug-likeness (QED) is 0.352. The number of anilines is 1. The van der Waals surface area contributed by atoms with Crippen molar-refractivity contribution in [1.29, 1.82) is 0 Å². The van der Waals surface area contributed by atoms with Crippen LogP contribution in [0.5, 0.6) is 11.5 Å². The molecular weight excluding hydrogens is 432 g/mol. The maximum Gasteiger partial charge on any atom is 0.300 e. The predicted molar refractivity (Wildman–Crippen MR) is 120 cm³/mol. The lowest BCUT2D eigenvalue weighted by atomic mass is 9.95. The number of aliphatic hydroxyl groups excluding tert-OH is 1. The van der Waals surface area contributed by atoms with E-state index in [0.29, 0.717) is 33.3 Å². The van der Waals surface area contributed by atoms with Gasteiger partial charge in [0.2, 0.25) is 0 Å². The Hall–Kier alpha value is -3.84. The maximum absolute atomic E-state index is 13.1. The van der Waals surface area contributed by atoms with E-state index < -0.39 is 17.7 Å². The van der Waals surface area contributed by atoms with E-state index >= 15 is 0 Å². The number of aliphatic hydroxyl groups is 1. The van der Waals surface area contributed by atoms with Gasteiger partial charge in [0.05, 0.1) is 25.8 Å². The minimum Gasteiger partial charge on any atom is -0.507 e. The zero-order valence-corrected chi connectivity index (χ0v) is 18.0. The number of halogens is 1. The zero-order chi connectivity index (χ0) is 22.8. The number of nitrogens with zero attached hydrogens (tertiary/aromatic N) is 2. The molecule has 1 N–H and O–H groups in total. The molecule has 1 atom stereocenters. The summed E-state index contributed by atoms with van der Waals surface area (Å²) >= 11 is 6.14. The Labute approximate surface area is 189 Å². The van der Waals surface area contributed by atoms with Gasteiger partial charge in [0, 0.05) is 28.7 Å². The summed E-state index contributed by atoms with van der Waals surface area (Å²) in [5.74, 6) is -1.05. The highest BCUT2D eigenvalue weighted by Gasteiger charge is 2.47. The average Bonchev–Trinajstić information content (AvgIpc) is 3.09. The maximum atomic E-state index is 13.1. The van der Waals surface area contributed by atoms with Crippen LogP contribution in [0.2, 0.25) is 5.02 Å². The summed E-state index contributed by atoms with van der Waals surface area (Å²) in [6.45, 7) is 0. The first-order valence-corrected chi connectivity index (χ1v) is 10.0. The first-order valence-electron chi connectivity index (χ1n) is 9.65. The highest BCUT2D eigenvalue weighted by molar-refractivity contribution is 6.51. The fourth-order valence-electron chi connectivity index (χ4n) is 3.72. The number of benzene rings is 2. The summed E-state index contributed by atoms with van der Waals surface area (Å²) < 4.78 is 10.5. The number of Topliss-reactive ketones (excluding diaryl/α,β-unsaturated/α-hetero) is 1. The van der Waals surface area contributed by atoms with E-state index in [0.717, 1.165) is 0 Å². The largest absolute Gasteiger partial charge is 0.507 e. The molecule has 1 fully saturated rings. The van der Waals surface area contributed by atoms with Gasteiger partial charge in [0.25, 0.3) is 11.7 Å². The number of methoxy groups -OCH3 is 2. The lowest BCUT2D eigenvalue weighted by Gasteiger charge is -2.25. The smallest absolute Gasteiger partial charge is 0.300 e. The Bertz CT molecular complexity index is 1230. The lowest BCUT2D eigenvalue weighted by molar-refractivity contribution is -0.132. The topological polar surface area (TPSA) is 89.0 Å². The van der Waals surface area contributed by atoms with Crippen molar-refractivity contribution in [2.24, 2.45) is 0 Å². The van der Waals surface area contributed by atoms with Crippen LogP contribution in [0.4, 0.5) is 5.69 Å². The summed E-state index contributed by atoms with van der Waals surface area (Å²) in [5.41, 5.74) is 1.31. The number of ketones is 1. The van der Waals surface area contributed by atoms with Gasteiger partial charge < -0.3 is 14.6 Å². The third kappa shape index (κ3) is 3.67. The van der Waals surface area contributed by atoms with Crippen molar-refractivity contribution >= 4 is 34.7 Å². The highest BCUT2D eigenvalue weighted by Crippen LogP contribution is 2.43. The summed E-state index contributed by atoms with van der Waals surface area (Å²) in [7, 11) is 2.97. The van der Waals surface area contributed by atoms with Gasteiger partial charge in [-0.3, -0.25) is 19.5 Å². The van der Waals surface area contributed by atoms with Gasteiger partial charge in [-0.15, -0.1) is 0 Å². The lowest BCUT2D eigenvalue weighted by Crippen LogP contribution is -2.29. The van der Waals surface area contributed by atoms with Crippen LogP contribution in [0.1, 0.15) is 17.2 Å². The van der Waals surface area contributed by atoms with Gasteiger partial charge in [0.15, 0.2) is 11.5 Å². The van der Waals surface area contributed by atoms with Crippen LogP contribution in [0, 0.1) is 0 Å². The molecule has 1 saturated heterocycles. The van der Waals surface area contributed by atoms with E-state index in [2.05, 4.69) is 4.98 Å². The molecule has 0 aliphatic carbocycles. The number of carbonyl (C=O) groups excluding carboxylic acids is 2. The molecule has 0 bridgehead atoms. The van der Waals surface area contributed by atoms with Crippen LogP contribution >= 0.6 is 11.6 Å². The molecule has 1 aliphatic rings. The molecule has 4 rings (SSSR count). The third-order valence-corrected chi connectivity index (χ3v) is 5.44. The van der Waals surface area contributed by atoms with E-state index in [4.69, 9.17) is 21.1 Å². The van der Waals surface area contributed by atoms with Crippen LogP contribution in [0.15, 0.2) is 72.6 Å². The molecular formula is C24H19ClN2O5. The van der Waals surface area contributed by atoms with E-state index in [1.54, 1.807) is 67.0 Å². The number of pyridine rings is 1. The Kier molecular flexibility index (Phi) is 5.83. The van der Waals surface area contributed by atoms with Gasteiger partial charge in [0.1, 0.15) is 5.76 Å². The molecule has 2 heterocycles. The van der Waals surface area contributed by atoms with E-state index in [1.165, 1.54) is 19.1 Å². The van der Waals surface area contributed by atoms with Crippen molar-refractivity contribution in [3.05, 3.63) is 88.7 Å². The number of ether oxygens (including phenoxy) is 2. The minimum atomic E-state index is -0.871. The summed E-state index contributed by atoms with van der Waals surface area (Å²) in [6.07, 6.45) is 3.12. The molecule has 0 radical (unpaired) electrons. The molecule has 1 unspecified atom stereocenters. The molecule has 8 heteroatoms. The average molecular weight is 451 g/mol. The number of carbonyl (C=O) groups is 2. The molecule has 1 amide bonds. The molecule has 3 aromatic rings. The Morgan fingerprint density at radius 2 is 1.72 bits per heavy atom. The van der Waals surface area contributed by atoms with Crippen LogP contribution in [0.25, 0.3) is 5.76 Å². The number of amides is 1. The molecule has 0 saturated carbocycles. The first-order chi connectivity index (χ1) is 15.5. The number of rotatable bonds is 5. The number of hydrogen-bond acceptors (Lipinski definition) is 6. The summed E-state index contributed by atoms with van der Waals surface area (Å²) in [5, 5.41) is 11.6. The Balaban J connectivity index is 1.93. The van der Waals surface area contributed by atoms with Gasteiger partial charge in [-0.1, -0.05) is 17.7 Å². The van der Waals surface area contributed by atoms with Crippen molar-refractivity contribution < 1.29 is 24.2 Å². The second-order valence-corrected chi connectivity index (χ2v) is 7.44. The summed E-state index contributed by atoms with van der Waals surface area (Å²) in [6, 6.07) is 13.9. The van der Waals surface area contributed by atoms with Gasteiger partial charge in [-0.05, 0) is 54.1 Å². The fourth-order valence-corrected chi connectivity index (χ4v) is 3.91. The first kappa shape index (κ1) is 21.4. The van der Waals surface area contributed by atoms with E-state index in [-0.39, 0.29) is 11.3 Å². The predicted octanol–water partition coefficient (Wildman–Crippen LogP) is 4.38. The van der Waals surface area contributed by atoms with Gasteiger partial charge in [-0.2, -0.15) is 0 Å². The van der Waals surface area contributed by atoms with Crippen molar-refractivity contribution in [1.82, 2.24) is 4.98 Å². The second-order valence-electron chi connectivity index (χ2n) is 7.00. The molecule has 2 aromatic carbocycles. The normalized spacial score (nSPS) is 17.5. The zero-order valence-electron chi connectivity index (χ0n) is 17.3. The SMILES string of the molecule is COc1ccc(/C(O)=C2\C(=O)C(=O)N(c3cccc(Cl)c3)C2c2ccncc2)cc1OC. The van der Waals surface area contributed by atoms with Crippen molar-refractivity contribution in [2.45, 2.75) is 6.04 Å². The third-order valence-electron chi connectivity index (χ3n) is 5.21. The minimum absolute atomic E-state index is 0.0478. The second kappa shape index (κ2) is 8.72. The molecule has 1 aromatic heterocycles. The highest BCUT2D eigenvalue weighted by atomic mass is 35.5. The van der Waals surface area contributed by atoms with Gasteiger partial charge >= 0.3 is 0 Å². The fraction of sp³-hybridized carbons (Fsp3) is 0.125. The van der Waals surface area contributed by atoms with Gasteiger partial charge in [-0.25, -0.2) is 0 Å². The molecule has 32 heavy (non-hydrogen) atoms. The molecule has 162 valence electrons. The van der Waals surface area contributed by atoms with Crippen LogP contribution in [-0.2, 0) is 9.59 Å². The Morgan fingerprint density at radius 3 is 2.38 bits per heavy atom. The van der Waals surface area contributed by atoms with E-state index in [9.17, 15) is 14.7 Å². The molecule has 0 spiro atoms. The van der Waals surface area contributed by atoms with Crippen LogP contribution in [-0.4, -0.2) is 36.0 Å². The van der Waals surface area contributed by atoms with Crippen LogP contribution in [0.3, 0.4) is 0 Å². The van der Waals surface area contributed by atoms with Crippen molar-refractivity contribution in [3.63, 3.8) is 0 Å².